The van der Waals surface area contributed by atoms with Crippen LogP contribution in [0.3, 0.4) is 0 Å². The number of furan rings is 1. The Morgan fingerprint density at radius 3 is 2.53 bits per heavy atom. The minimum absolute atomic E-state index is 0.207. The van der Waals surface area contributed by atoms with Gasteiger partial charge in [0.15, 0.2) is 0 Å². The van der Waals surface area contributed by atoms with E-state index >= 15 is 0 Å². The smallest absolute Gasteiger partial charge is 0.126 e. The lowest BCUT2D eigenvalue weighted by atomic mass is 10.0. The van der Waals surface area contributed by atoms with Crippen LogP contribution >= 0.6 is 0 Å². The second kappa shape index (κ2) is 4.16. The zero-order valence-electron chi connectivity index (χ0n) is 8.18. The van der Waals surface area contributed by atoms with Crippen LogP contribution in [0.2, 0.25) is 0 Å². The molecule has 0 fully saturated rings. The van der Waals surface area contributed by atoms with Crippen molar-refractivity contribution < 1.29 is 4.42 Å². The van der Waals surface area contributed by atoms with E-state index in [0.717, 1.165) is 11.3 Å². The summed E-state index contributed by atoms with van der Waals surface area (Å²) in [5.41, 5.74) is 10.2. The first-order chi connectivity index (χ1) is 7.33. The summed E-state index contributed by atoms with van der Waals surface area (Å²) in [5.74, 6) is 6.25. The van der Waals surface area contributed by atoms with Gasteiger partial charge in [0.2, 0.25) is 0 Å². The zero-order chi connectivity index (χ0) is 10.7. The number of rotatable bonds is 3. The standard InChI is InChI=1S/C11H13N3O/c12-9-5-2-1-4-8(9)11(14-13)10-6-3-7-15-10/h1-7,11,14H,12-13H2. The molecule has 4 nitrogen and oxygen atoms in total. The Bertz CT molecular complexity index is 425. The first kappa shape index (κ1) is 9.76. The van der Waals surface area contributed by atoms with E-state index in [-0.39, 0.29) is 6.04 Å². The summed E-state index contributed by atoms with van der Waals surface area (Å²) < 4.78 is 5.30. The summed E-state index contributed by atoms with van der Waals surface area (Å²) in [4.78, 5) is 0. The van der Waals surface area contributed by atoms with Crippen LogP contribution < -0.4 is 17.0 Å². The fraction of sp³-hybridized carbons (Fsp3) is 0.0909. The number of nitrogens with one attached hydrogen (secondary N) is 1. The fourth-order valence-corrected chi connectivity index (χ4v) is 1.55. The molecule has 1 unspecified atom stereocenters. The number of para-hydroxylation sites is 1. The number of benzene rings is 1. The fourth-order valence-electron chi connectivity index (χ4n) is 1.55. The average molecular weight is 203 g/mol. The van der Waals surface area contributed by atoms with Crippen molar-refractivity contribution in [3.05, 3.63) is 54.0 Å². The quantitative estimate of drug-likeness (QED) is 0.400. The first-order valence-corrected chi connectivity index (χ1v) is 4.67. The Morgan fingerprint density at radius 2 is 1.93 bits per heavy atom. The zero-order valence-corrected chi connectivity index (χ0v) is 8.18. The molecule has 2 rings (SSSR count). The SMILES string of the molecule is NNC(c1ccco1)c1ccccc1N. The molecule has 0 amide bonds. The largest absolute Gasteiger partial charge is 0.467 e. The Balaban J connectivity index is 2.40. The van der Waals surface area contributed by atoms with Crippen molar-refractivity contribution in [3.63, 3.8) is 0 Å². The molecule has 1 atom stereocenters. The lowest BCUT2D eigenvalue weighted by Gasteiger charge is -2.15. The van der Waals surface area contributed by atoms with E-state index in [9.17, 15) is 0 Å². The monoisotopic (exact) mass is 203 g/mol. The molecule has 4 heteroatoms. The van der Waals surface area contributed by atoms with Gasteiger partial charge in [0.05, 0.1) is 6.26 Å². The molecule has 0 saturated heterocycles. The van der Waals surface area contributed by atoms with Crippen molar-refractivity contribution in [3.8, 4) is 0 Å². The lowest BCUT2D eigenvalue weighted by molar-refractivity contribution is 0.453. The van der Waals surface area contributed by atoms with Crippen molar-refractivity contribution >= 4 is 5.69 Å². The molecule has 0 aliphatic carbocycles. The summed E-state index contributed by atoms with van der Waals surface area (Å²) in [6.07, 6.45) is 1.61. The molecule has 0 saturated carbocycles. The Hall–Kier alpha value is -1.78. The molecule has 0 radical (unpaired) electrons. The topological polar surface area (TPSA) is 77.2 Å². The normalized spacial score (nSPS) is 12.6. The van der Waals surface area contributed by atoms with Crippen molar-refractivity contribution in [2.75, 3.05) is 5.73 Å². The van der Waals surface area contributed by atoms with E-state index in [0.29, 0.717) is 5.69 Å². The van der Waals surface area contributed by atoms with Crippen LogP contribution in [0.1, 0.15) is 17.4 Å². The average Bonchev–Trinajstić information content (AvgIpc) is 2.75. The summed E-state index contributed by atoms with van der Waals surface area (Å²) in [7, 11) is 0. The molecule has 2 aromatic rings. The predicted molar refractivity (Wildman–Crippen MR) is 58.7 cm³/mol. The molecular formula is C11H13N3O. The number of hydrogen-bond donors (Lipinski definition) is 3. The maximum absolute atomic E-state index is 5.87. The minimum atomic E-state index is -0.207. The molecule has 0 aliphatic heterocycles. The molecule has 0 bridgehead atoms. The Kier molecular flexibility index (Phi) is 2.71. The molecule has 5 N–H and O–H groups in total. The highest BCUT2D eigenvalue weighted by atomic mass is 16.3. The van der Waals surface area contributed by atoms with E-state index in [1.54, 1.807) is 6.26 Å². The van der Waals surface area contributed by atoms with E-state index in [2.05, 4.69) is 5.43 Å². The van der Waals surface area contributed by atoms with Crippen LogP contribution in [0, 0.1) is 0 Å². The highest BCUT2D eigenvalue weighted by molar-refractivity contribution is 5.50. The van der Waals surface area contributed by atoms with Gasteiger partial charge in [0.25, 0.3) is 0 Å². The highest BCUT2D eigenvalue weighted by Gasteiger charge is 2.16. The van der Waals surface area contributed by atoms with Crippen LogP contribution in [-0.2, 0) is 0 Å². The van der Waals surface area contributed by atoms with Crippen molar-refractivity contribution in [1.29, 1.82) is 0 Å². The Morgan fingerprint density at radius 1 is 1.13 bits per heavy atom. The molecular weight excluding hydrogens is 190 g/mol. The van der Waals surface area contributed by atoms with Crippen LogP contribution in [0.15, 0.2) is 47.1 Å². The lowest BCUT2D eigenvalue weighted by Crippen LogP contribution is -2.29. The van der Waals surface area contributed by atoms with Crippen molar-refractivity contribution in [2.45, 2.75) is 6.04 Å². The number of anilines is 1. The first-order valence-electron chi connectivity index (χ1n) is 4.67. The molecule has 0 spiro atoms. The Labute approximate surface area is 87.8 Å². The van der Waals surface area contributed by atoms with Gasteiger partial charge >= 0.3 is 0 Å². The predicted octanol–water partition coefficient (Wildman–Crippen LogP) is 1.41. The maximum atomic E-state index is 5.87. The van der Waals surface area contributed by atoms with Gasteiger partial charge in [-0.1, -0.05) is 18.2 Å². The summed E-state index contributed by atoms with van der Waals surface area (Å²) in [6, 6.07) is 11.0. The number of nitrogens with two attached hydrogens (primary N) is 2. The summed E-state index contributed by atoms with van der Waals surface area (Å²) >= 11 is 0. The summed E-state index contributed by atoms with van der Waals surface area (Å²) in [5, 5.41) is 0. The summed E-state index contributed by atoms with van der Waals surface area (Å²) in [6.45, 7) is 0. The molecule has 1 aromatic heterocycles. The van der Waals surface area contributed by atoms with E-state index < -0.39 is 0 Å². The van der Waals surface area contributed by atoms with Gasteiger partial charge in [-0.2, -0.15) is 0 Å². The van der Waals surface area contributed by atoms with Crippen LogP contribution in [0.5, 0.6) is 0 Å². The maximum Gasteiger partial charge on any atom is 0.126 e. The third-order valence-corrected chi connectivity index (χ3v) is 2.30. The van der Waals surface area contributed by atoms with E-state index in [1.165, 1.54) is 0 Å². The van der Waals surface area contributed by atoms with Crippen molar-refractivity contribution in [1.82, 2.24) is 5.43 Å². The number of hydrazine groups is 1. The van der Waals surface area contributed by atoms with Gasteiger partial charge in [-0.3, -0.25) is 5.84 Å². The highest BCUT2D eigenvalue weighted by Crippen LogP contribution is 2.25. The second-order valence-corrected chi connectivity index (χ2v) is 3.24. The van der Waals surface area contributed by atoms with Gasteiger partial charge in [-0.15, -0.1) is 0 Å². The van der Waals surface area contributed by atoms with Crippen LogP contribution in [0.4, 0.5) is 5.69 Å². The molecule has 78 valence electrons. The molecule has 1 aromatic carbocycles. The third-order valence-electron chi connectivity index (χ3n) is 2.30. The number of nitrogen functional groups attached to an aromatic ring is 1. The van der Waals surface area contributed by atoms with Crippen LogP contribution in [-0.4, -0.2) is 0 Å². The second-order valence-electron chi connectivity index (χ2n) is 3.24. The van der Waals surface area contributed by atoms with Gasteiger partial charge in [-0.25, -0.2) is 5.43 Å². The van der Waals surface area contributed by atoms with Gasteiger partial charge in [-0.05, 0) is 18.2 Å². The third kappa shape index (κ3) is 1.86. The minimum Gasteiger partial charge on any atom is -0.467 e. The molecule has 0 aliphatic rings. The van der Waals surface area contributed by atoms with Crippen molar-refractivity contribution in [2.24, 2.45) is 5.84 Å². The van der Waals surface area contributed by atoms with Gasteiger partial charge < -0.3 is 10.2 Å². The van der Waals surface area contributed by atoms with Gasteiger partial charge in [0.1, 0.15) is 11.8 Å². The molecule has 15 heavy (non-hydrogen) atoms. The number of hydrogen-bond acceptors (Lipinski definition) is 4. The van der Waals surface area contributed by atoms with E-state index in [1.807, 2.05) is 36.4 Å². The van der Waals surface area contributed by atoms with Gasteiger partial charge in [0, 0.05) is 11.3 Å². The van der Waals surface area contributed by atoms with Crippen LogP contribution in [0.25, 0.3) is 0 Å². The van der Waals surface area contributed by atoms with E-state index in [4.69, 9.17) is 16.0 Å². The molecule has 1 heterocycles.